The van der Waals surface area contributed by atoms with Gasteiger partial charge in [-0.25, -0.2) is 0 Å². The Hall–Kier alpha value is -4.08. The number of esters is 1. The molecule has 1 amide bonds. The van der Waals surface area contributed by atoms with Crippen LogP contribution in [0.2, 0.25) is 5.02 Å². The van der Waals surface area contributed by atoms with E-state index in [0.29, 0.717) is 46.5 Å². The monoisotopic (exact) mass is 804 g/mol. The van der Waals surface area contributed by atoms with E-state index in [9.17, 15) is 9.59 Å². The van der Waals surface area contributed by atoms with Crippen molar-refractivity contribution in [1.82, 2.24) is 4.90 Å². The van der Waals surface area contributed by atoms with Crippen LogP contribution in [0.25, 0.3) is 0 Å². The molecule has 4 aromatic rings. The van der Waals surface area contributed by atoms with Crippen LogP contribution in [0.4, 0.5) is 5.69 Å². The van der Waals surface area contributed by atoms with Crippen LogP contribution in [0.5, 0.6) is 11.5 Å². The molecule has 1 aliphatic heterocycles. The minimum Gasteiger partial charge on any atom is -0.492 e. The van der Waals surface area contributed by atoms with Gasteiger partial charge in [0.2, 0.25) is 0 Å². The van der Waals surface area contributed by atoms with Gasteiger partial charge in [-0.1, -0.05) is 105 Å². The molecular weight excluding hydrogens is 747 g/mol. The number of benzene rings is 4. The number of ether oxygens (including phenoxy) is 4. The Morgan fingerprint density at radius 1 is 0.839 bits per heavy atom. The van der Waals surface area contributed by atoms with Crippen molar-refractivity contribution in [2.75, 3.05) is 51.4 Å². The van der Waals surface area contributed by atoms with Crippen LogP contribution < -0.4 is 14.4 Å². The number of carbonyl (C=O) groups excluding carboxylic acids is 2. The maximum Gasteiger partial charge on any atom is 0.308 e. The van der Waals surface area contributed by atoms with Gasteiger partial charge < -0.3 is 28.7 Å². The van der Waals surface area contributed by atoms with E-state index in [4.69, 9.17) is 30.5 Å². The molecule has 56 heavy (non-hydrogen) atoms. The highest BCUT2D eigenvalue weighted by Crippen LogP contribution is 2.45. The van der Waals surface area contributed by atoms with Crippen molar-refractivity contribution in [3.8, 4) is 11.5 Å². The van der Waals surface area contributed by atoms with E-state index in [0.717, 1.165) is 51.7 Å². The van der Waals surface area contributed by atoms with Crippen molar-refractivity contribution in [3.63, 3.8) is 0 Å². The van der Waals surface area contributed by atoms with Crippen LogP contribution >= 0.6 is 24.0 Å². The molecule has 5 rings (SSSR count). The summed E-state index contributed by atoms with van der Waals surface area (Å²) in [5.74, 6) is 0.276. The maximum absolute atomic E-state index is 14.2. The summed E-state index contributed by atoms with van der Waals surface area (Å²) >= 11 is 6.61. The predicted octanol–water partition coefficient (Wildman–Crippen LogP) is 9.93. The Kier molecular flexibility index (Phi) is 17.5. The van der Waals surface area contributed by atoms with Gasteiger partial charge in [0.15, 0.2) is 11.5 Å². The first-order valence-corrected chi connectivity index (χ1v) is 20.0. The number of aryl methyl sites for hydroxylation is 2. The zero-order chi connectivity index (χ0) is 39.2. The molecule has 2 unspecified atom stereocenters. The second kappa shape index (κ2) is 22.0. The first kappa shape index (κ1) is 44.6. The fourth-order valence-corrected chi connectivity index (χ4v) is 7.32. The smallest absolute Gasteiger partial charge is 0.308 e. The molecule has 0 radical (unpaired) electrons. The SMILES string of the molecule is CCOC(=O)CC1OC(c2cccc(OCCCN(CCCc3ccccc3)CCCc3ccccc3)c2OC)c2cc(Cl)ccc2N(CC(C)(C)C)C1=O.Cl. The minimum atomic E-state index is -1.10. The number of amides is 1. The Balaban J connectivity index is 0.00000696. The van der Waals surface area contributed by atoms with Gasteiger partial charge in [-0.05, 0) is 92.9 Å². The topological polar surface area (TPSA) is 77.5 Å². The summed E-state index contributed by atoms with van der Waals surface area (Å²) in [5.41, 5.74) is 4.53. The van der Waals surface area contributed by atoms with Gasteiger partial charge >= 0.3 is 5.97 Å². The molecule has 302 valence electrons. The molecule has 0 aliphatic carbocycles. The molecule has 2 atom stereocenters. The highest BCUT2D eigenvalue weighted by atomic mass is 35.5. The summed E-state index contributed by atoms with van der Waals surface area (Å²) in [6.07, 6.45) is 3.00. The van der Waals surface area contributed by atoms with E-state index in [2.05, 4.69) is 86.3 Å². The number of para-hydroxylation sites is 1. The molecule has 0 saturated carbocycles. The number of hydrogen-bond donors (Lipinski definition) is 0. The normalized spacial score (nSPS) is 15.5. The summed E-state index contributed by atoms with van der Waals surface area (Å²) in [6, 6.07) is 32.5. The average molecular weight is 806 g/mol. The molecule has 10 heteroatoms. The van der Waals surface area contributed by atoms with Gasteiger partial charge in [0.05, 0.1) is 26.7 Å². The van der Waals surface area contributed by atoms with Crippen LogP contribution in [-0.4, -0.2) is 69.4 Å². The molecule has 0 aromatic heterocycles. The Morgan fingerprint density at radius 3 is 2.05 bits per heavy atom. The molecule has 0 N–H and O–H groups in total. The van der Waals surface area contributed by atoms with Gasteiger partial charge in [0.25, 0.3) is 5.91 Å². The standard InChI is InChI=1S/C46H57ClN2O6.ClH/c1-6-53-42(50)32-41-45(51)49(33-46(2,3)4)39-26-25-36(47)31-38(39)43(55-41)37-23-13-24-40(44(37)52-5)54-30-16-29-48(27-14-21-34-17-9-7-10-18-34)28-15-22-35-19-11-8-12-20-35;/h7-13,17-20,23-26,31,41,43H,6,14-16,21-22,27-30,32-33H2,1-5H3;1H. The Bertz CT molecular complexity index is 1770. The third-order valence-corrected chi connectivity index (χ3v) is 9.87. The number of methoxy groups -OCH3 is 1. The van der Waals surface area contributed by atoms with Crippen molar-refractivity contribution in [3.05, 3.63) is 124 Å². The number of fused-ring (bicyclic) bond motifs is 1. The molecule has 0 saturated heterocycles. The van der Waals surface area contributed by atoms with Crippen LogP contribution in [0, 0.1) is 5.41 Å². The van der Waals surface area contributed by atoms with Crippen LogP contribution in [0.3, 0.4) is 0 Å². The quantitative estimate of drug-likeness (QED) is 0.0690. The highest BCUT2D eigenvalue weighted by Gasteiger charge is 2.40. The fourth-order valence-electron chi connectivity index (χ4n) is 7.13. The first-order chi connectivity index (χ1) is 26.6. The van der Waals surface area contributed by atoms with Gasteiger partial charge in [-0.3, -0.25) is 9.59 Å². The molecule has 0 bridgehead atoms. The lowest BCUT2D eigenvalue weighted by atomic mass is 9.94. The van der Waals surface area contributed by atoms with E-state index in [1.165, 1.54) is 11.1 Å². The van der Waals surface area contributed by atoms with Crippen molar-refractivity contribution in [2.45, 2.75) is 78.4 Å². The van der Waals surface area contributed by atoms with E-state index in [1.54, 1.807) is 25.0 Å². The molecular formula is C46H58Cl2N2O6. The zero-order valence-corrected chi connectivity index (χ0v) is 35.1. The maximum atomic E-state index is 14.2. The number of anilines is 1. The third-order valence-electron chi connectivity index (χ3n) is 9.63. The molecule has 8 nitrogen and oxygen atoms in total. The highest BCUT2D eigenvalue weighted by molar-refractivity contribution is 6.30. The van der Waals surface area contributed by atoms with Crippen molar-refractivity contribution in [1.29, 1.82) is 0 Å². The van der Waals surface area contributed by atoms with Crippen LogP contribution in [0.15, 0.2) is 97.1 Å². The molecule has 0 fully saturated rings. The van der Waals surface area contributed by atoms with Gasteiger partial charge in [-0.2, -0.15) is 0 Å². The van der Waals surface area contributed by atoms with E-state index < -0.39 is 18.2 Å². The first-order valence-electron chi connectivity index (χ1n) is 19.6. The molecule has 4 aromatic carbocycles. The van der Waals surface area contributed by atoms with Gasteiger partial charge in [0, 0.05) is 34.9 Å². The number of carbonyl (C=O) groups is 2. The summed E-state index contributed by atoms with van der Waals surface area (Å²) < 4.78 is 24.4. The van der Waals surface area contributed by atoms with Crippen LogP contribution in [-0.2, 0) is 31.9 Å². The lowest BCUT2D eigenvalue weighted by Gasteiger charge is -2.31. The van der Waals surface area contributed by atoms with Crippen molar-refractivity contribution < 1.29 is 28.5 Å². The second-order valence-corrected chi connectivity index (χ2v) is 15.7. The van der Waals surface area contributed by atoms with Gasteiger partial charge in [-0.15, -0.1) is 12.4 Å². The predicted molar refractivity (Wildman–Crippen MR) is 228 cm³/mol. The summed E-state index contributed by atoms with van der Waals surface area (Å²) in [4.78, 5) is 31.3. The average Bonchev–Trinajstić information content (AvgIpc) is 3.26. The number of halogens is 2. The second-order valence-electron chi connectivity index (χ2n) is 15.3. The Morgan fingerprint density at radius 2 is 1.46 bits per heavy atom. The lowest BCUT2D eigenvalue weighted by molar-refractivity contribution is -0.151. The van der Waals surface area contributed by atoms with E-state index >= 15 is 0 Å². The lowest BCUT2D eigenvalue weighted by Crippen LogP contribution is -2.44. The Labute approximate surface area is 344 Å². The third kappa shape index (κ3) is 13.0. The summed E-state index contributed by atoms with van der Waals surface area (Å²) in [5, 5.41) is 0.503. The number of rotatable bonds is 19. The molecule has 1 aliphatic rings. The number of hydrogen-bond acceptors (Lipinski definition) is 7. The van der Waals surface area contributed by atoms with Gasteiger partial charge in [0.1, 0.15) is 12.2 Å². The number of nitrogens with zero attached hydrogens (tertiary/aromatic N) is 2. The summed E-state index contributed by atoms with van der Waals surface area (Å²) in [7, 11) is 1.61. The molecule has 0 spiro atoms. The van der Waals surface area contributed by atoms with E-state index in [1.807, 2.05) is 30.3 Å². The molecule has 1 heterocycles. The van der Waals surface area contributed by atoms with E-state index in [-0.39, 0.29) is 36.8 Å². The van der Waals surface area contributed by atoms with Crippen LogP contribution in [0.1, 0.15) is 81.7 Å². The zero-order valence-electron chi connectivity index (χ0n) is 33.5. The minimum absolute atomic E-state index is 0. The largest absolute Gasteiger partial charge is 0.492 e. The van der Waals surface area contributed by atoms with Crippen molar-refractivity contribution in [2.24, 2.45) is 5.41 Å². The van der Waals surface area contributed by atoms with Crippen molar-refractivity contribution >= 4 is 41.6 Å². The summed E-state index contributed by atoms with van der Waals surface area (Å²) in [6.45, 7) is 12.0. The fraction of sp³-hybridized carbons (Fsp3) is 0.435.